The normalized spacial score (nSPS) is 19.9. The van der Waals surface area contributed by atoms with Gasteiger partial charge in [0.05, 0.1) is 21.1 Å². The van der Waals surface area contributed by atoms with Crippen LogP contribution in [0, 0.1) is 5.92 Å². The molecule has 1 fully saturated rings. The molecular formula is C14H18Br3NO2. The molecule has 2 atom stereocenters. The first-order valence-electron chi connectivity index (χ1n) is 6.73. The average Bonchev–Trinajstić information content (AvgIpc) is 2.45. The van der Waals surface area contributed by atoms with Gasteiger partial charge in [-0.15, -0.1) is 0 Å². The van der Waals surface area contributed by atoms with Crippen LogP contribution in [-0.2, 0) is 0 Å². The van der Waals surface area contributed by atoms with Crippen LogP contribution in [0.5, 0.6) is 5.75 Å². The van der Waals surface area contributed by atoms with Crippen molar-refractivity contribution in [3.05, 3.63) is 25.0 Å². The van der Waals surface area contributed by atoms with E-state index in [1.807, 2.05) is 0 Å². The summed E-state index contributed by atoms with van der Waals surface area (Å²) in [6.45, 7) is 0. The Morgan fingerprint density at radius 2 is 1.70 bits per heavy atom. The molecule has 6 heteroatoms. The van der Waals surface area contributed by atoms with Gasteiger partial charge in [0.1, 0.15) is 5.75 Å². The Morgan fingerprint density at radius 1 is 1.10 bits per heavy atom. The minimum absolute atomic E-state index is 0.106. The lowest BCUT2D eigenvalue weighted by molar-refractivity contribution is 0.0613. The third-order valence-corrected chi connectivity index (χ3v) is 6.08. The number of phenols is 1. The van der Waals surface area contributed by atoms with E-state index in [0.29, 0.717) is 14.5 Å². The predicted octanol–water partition coefficient (Wildman–Crippen LogP) is 4.62. The first-order valence-corrected chi connectivity index (χ1v) is 9.11. The van der Waals surface area contributed by atoms with Crippen molar-refractivity contribution in [2.75, 3.05) is 0 Å². The smallest absolute Gasteiger partial charge is 0.144 e. The van der Waals surface area contributed by atoms with Gasteiger partial charge in [0.2, 0.25) is 0 Å². The van der Waals surface area contributed by atoms with E-state index in [-0.39, 0.29) is 11.7 Å². The molecule has 0 amide bonds. The number of aliphatic hydroxyl groups excluding tert-OH is 1. The lowest BCUT2D eigenvalue weighted by Gasteiger charge is -2.31. The van der Waals surface area contributed by atoms with E-state index in [9.17, 15) is 10.2 Å². The molecule has 1 aromatic carbocycles. The molecule has 2 rings (SSSR count). The molecule has 20 heavy (non-hydrogen) atoms. The van der Waals surface area contributed by atoms with Crippen molar-refractivity contribution >= 4 is 47.8 Å². The molecule has 3 nitrogen and oxygen atoms in total. The molecule has 0 aliphatic heterocycles. The van der Waals surface area contributed by atoms with Crippen molar-refractivity contribution in [2.24, 2.45) is 11.7 Å². The van der Waals surface area contributed by atoms with E-state index < -0.39 is 12.1 Å². The summed E-state index contributed by atoms with van der Waals surface area (Å²) in [6, 6.07) is 1.23. The fourth-order valence-electron chi connectivity index (χ4n) is 2.84. The fourth-order valence-corrected chi connectivity index (χ4v) is 5.49. The highest BCUT2D eigenvalue weighted by Gasteiger charge is 2.30. The standard InChI is InChI=1S/C14H18Br3NO2/c15-8-6-9(16)14(20)11(17)10(8)12(18)13(19)7-4-2-1-3-5-7/h6-7,12-13,19-20H,1-5,18H2/t12-,13+/m0/s1. The first kappa shape index (κ1) is 16.7. The van der Waals surface area contributed by atoms with Crippen LogP contribution in [0.25, 0.3) is 0 Å². The third-order valence-electron chi connectivity index (χ3n) is 4.02. The quantitative estimate of drug-likeness (QED) is 0.602. The van der Waals surface area contributed by atoms with Gasteiger partial charge in [-0.05, 0) is 56.7 Å². The highest BCUT2D eigenvalue weighted by molar-refractivity contribution is 9.11. The van der Waals surface area contributed by atoms with Crippen LogP contribution in [0.3, 0.4) is 0 Å². The average molecular weight is 472 g/mol. The Bertz CT molecular complexity index is 490. The van der Waals surface area contributed by atoms with Crippen molar-refractivity contribution in [1.82, 2.24) is 0 Å². The topological polar surface area (TPSA) is 66.5 Å². The van der Waals surface area contributed by atoms with Crippen molar-refractivity contribution in [3.63, 3.8) is 0 Å². The zero-order valence-corrected chi connectivity index (χ0v) is 15.7. The molecule has 0 bridgehead atoms. The Morgan fingerprint density at radius 3 is 2.30 bits per heavy atom. The Balaban J connectivity index is 2.28. The molecule has 0 saturated heterocycles. The molecule has 1 aromatic rings. The van der Waals surface area contributed by atoms with Gasteiger partial charge in [0, 0.05) is 10.0 Å². The Kier molecular flexibility index (Phi) is 5.94. The second-order valence-corrected chi connectivity index (χ2v) is 7.83. The van der Waals surface area contributed by atoms with E-state index in [0.717, 1.165) is 30.2 Å². The van der Waals surface area contributed by atoms with Crippen molar-refractivity contribution in [3.8, 4) is 5.75 Å². The van der Waals surface area contributed by atoms with Crippen LogP contribution >= 0.6 is 47.8 Å². The van der Waals surface area contributed by atoms with Gasteiger partial charge < -0.3 is 15.9 Å². The highest BCUT2D eigenvalue weighted by atomic mass is 79.9. The maximum absolute atomic E-state index is 10.5. The summed E-state index contributed by atoms with van der Waals surface area (Å²) < 4.78 is 1.89. The van der Waals surface area contributed by atoms with Gasteiger partial charge in [-0.3, -0.25) is 0 Å². The lowest BCUT2D eigenvalue weighted by atomic mass is 9.81. The van der Waals surface area contributed by atoms with Crippen molar-refractivity contribution in [1.29, 1.82) is 0 Å². The van der Waals surface area contributed by atoms with E-state index in [2.05, 4.69) is 47.8 Å². The van der Waals surface area contributed by atoms with Gasteiger partial charge >= 0.3 is 0 Å². The number of phenolic OH excluding ortho intramolecular Hbond substituents is 1. The van der Waals surface area contributed by atoms with Crippen LogP contribution < -0.4 is 5.73 Å². The summed E-state index contributed by atoms with van der Waals surface area (Å²) in [5.74, 6) is 0.345. The van der Waals surface area contributed by atoms with Crippen LogP contribution in [0.4, 0.5) is 0 Å². The molecule has 0 unspecified atom stereocenters. The minimum atomic E-state index is -0.594. The van der Waals surface area contributed by atoms with Crippen LogP contribution in [0.1, 0.15) is 43.7 Å². The predicted molar refractivity (Wildman–Crippen MR) is 90.7 cm³/mol. The summed E-state index contributed by atoms with van der Waals surface area (Å²) in [5, 5.41) is 20.5. The summed E-state index contributed by atoms with van der Waals surface area (Å²) in [4.78, 5) is 0. The number of rotatable bonds is 3. The van der Waals surface area contributed by atoms with Crippen LogP contribution in [0.15, 0.2) is 19.5 Å². The molecule has 0 heterocycles. The van der Waals surface area contributed by atoms with E-state index in [4.69, 9.17) is 5.73 Å². The van der Waals surface area contributed by atoms with E-state index in [1.165, 1.54) is 6.42 Å². The summed E-state index contributed by atoms with van der Waals surface area (Å²) >= 11 is 10.1. The SMILES string of the molecule is N[C@@H](c1c(Br)cc(Br)c(O)c1Br)[C@H](O)C1CCCCC1. The molecule has 1 saturated carbocycles. The largest absolute Gasteiger partial charge is 0.506 e. The number of hydrogen-bond donors (Lipinski definition) is 3. The minimum Gasteiger partial charge on any atom is -0.506 e. The summed E-state index contributed by atoms with van der Waals surface area (Å²) in [7, 11) is 0. The van der Waals surface area contributed by atoms with Gasteiger partial charge in [0.25, 0.3) is 0 Å². The maximum Gasteiger partial charge on any atom is 0.144 e. The maximum atomic E-state index is 10.5. The van der Waals surface area contributed by atoms with Crippen molar-refractivity contribution < 1.29 is 10.2 Å². The molecule has 1 aliphatic rings. The molecular weight excluding hydrogens is 454 g/mol. The van der Waals surface area contributed by atoms with E-state index in [1.54, 1.807) is 6.07 Å². The zero-order valence-electron chi connectivity index (χ0n) is 11.0. The highest BCUT2D eigenvalue weighted by Crippen LogP contribution is 2.43. The lowest BCUT2D eigenvalue weighted by Crippen LogP contribution is -2.34. The molecule has 112 valence electrons. The molecule has 0 radical (unpaired) electrons. The van der Waals surface area contributed by atoms with Gasteiger partial charge in [-0.1, -0.05) is 35.2 Å². The zero-order chi connectivity index (χ0) is 14.9. The molecule has 0 spiro atoms. The summed E-state index contributed by atoms with van der Waals surface area (Å²) in [5.41, 5.74) is 6.97. The third kappa shape index (κ3) is 3.40. The summed E-state index contributed by atoms with van der Waals surface area (Å²) in [6.07, 6.45) is 5.00. The first-order chi connectivity index (χ1) is 9.43. The second-order valence-electron chi connectivity index (χ2n) is 5.33. The van der Waals surface area contributed by atoms with Crippen LogP contribution in [-0.4, -0.2) is 16.3 Å². The van der Waals surface area contributed by atoms with Gasteiger partial charge in [-0.25, -0.2) is 0 Å². The number of halogens is 3. The van der Waals surface area contributed by atoms with E-state index >= 15 is 0 Å². The second kappa shape index (κ2) is 7.09. The van der Waals surface area contributed by atoms with Crippen molar-refractivity contribution in [2.45, 2.75) is 44.2 Å². The monoisotopic (exact) mass is 469 g/mol. The number of nitrogens with two attached hydrogens (primary N) is 1. The molecule has 4 N–H and O–H groups in total. The number of benzene rings is 1. The number of aromatic hydroxyl groups is 1. The number of aliphatic hydroxyl groups is 1. The fraction of sp³-hybridized carbons (Fsp3) is 0.571. The molecule has 1 aliphatic carbocycles. The Labute approximate surface area is 144 Å². The Hall–Kier alpha value is 0.380. The molecule has 0 aromatic heterocycles. The number of hydrogen-bond acceptors (Lipinski definition) is 3. The van der Waals surface area contributed by atoms with Gasteiger partial charge in [0.15, 0.2) is 0 Å². The van der Waals surface area contributed by atoms with Gasteiger partial charge in [-0.2, -0.15) is 0 Å². The van der Waals surface area contributed by atoms with Crippen LogP contribution in [0.2, 0.25) is 0 Å².